The molecule has 0 aromatic heterocycles. The molecule has 0 saturated heterocycles. The summed E-state index contributed by atoms with van der Waals surface area (Å²) in [4.78, 5) is 0. The molecule has 0 spiro atoms. The van der Waals surface area contributed by atoms with Gasteiger partial charge in [-0.1, -0.05) is 38.8 Å². The highest BCUT2D eigenvalue weighted by molar-refractivity contribution is 5.29. The predicted octanol–water partition coefficient (Wildman–Crippen LogP) is 3.71. The molecule has 2 atom stereocenters. The lowest BCUT2D eigenvalue weighted by Gasteiger charge is -2.20. The van der Waals surface area contributed by atoms with E-state index in [1.807, 2.05) is 0 Å². The second-order valence-electron chi connectivity index (χ2n) is 5.75. The summed E-state index contributed by atoms with van der Waals surface area (Å²) < 4.78 is 5.74. The Morgan fingerprint density at radius 1 is 1.14 bits per heavy atom. The summed E-state index contributed by atoms with van der Waals surface area (Å²) in [7, 11) is 0. The summed E-state index contributed by atoms with van der Waals surface area (Å²) in [6, 6.07) is 8.41. The Morgan fingerprint density at radius 2 is 1.86 bits per heavy atom. The summed E-state index contributed by atoms with van der Waals surface area (Å²) >= 11 is 0. The van der Waals surface area contributed by atoms with Crippen molar-refractivity contribution >= 4 is 0 Å². The smallest absolute Gasteiger partial charge is 0.119 e. The highest BCUT2D eigenvalue weighted by Crippen LogP contribution is 2.28. The molecule has 0 fully saturated rings. The topological polar surface area (TPSA) is 55.5 Å². The van der Waals surface area contributed by atoms with E-state index in [0.29, 0.717) is 12.5 Å². The van der Waals surface area contributed by atoms with Crippen molar-refractivity contribution in [2.75, 3.05) is 19.8 Å². The first-order valence-corrected chi connectivity index (χ1v) is 8.28. The van der Waals surface area contributed by atoms with E-state index >= 15 is 0 Å². The summed E-state index contributed by atoms with van der Waals surface area (Å²) in [5.41, 5.74) is 7.00. The lowest BCUT2D eigenvalue weighted by Crippen LogP contribution is -2.20. The van der Waals surface area contributed by atoms with Crippen LogP contribution in [0.3, 0.4) is 0 Å². The number of hydrogen-bond acceptors (Lipinski definition) is 3. The maximum absolute atomic E-state index is 9.30. The van der Waals surface area contributed by atoms with E-state index < -0.39 is 0 Å². The third kappa shape index (κ3) is 6.49. The third-order valence-electron chi connectivity index (χ3n) is 4.07. The molecule has 0 radical (unpaired) electrons. The minimum atomic E-state index is 0.172. The molecule has 0 bridgehead atoms. The van der Waals surface area contributed by atoms with Crippen molar-refractivity contribution in [2.45, 2.75) is 51.9 Å². The van der Waals surface area contributed by atoms with Crippen molar-refractivity contribution in [3.63, 3.8) is 0 Å². The minimum absolute atomic E-state index is 0.172. The van der Waals surface area contributed by atoms with Crippen molar-refractivity contribution in [3.05, 3.63) is 29.8 Å². The quantitative estimate of drug-likeness (QED) is 0.612. The lowest BCUT2D eigenvalue weighted by molar-refractivity contribution is 0.214. The molecular weight excluding hydrogens is 262 g/mol. The zero-order valence-corrected chi connectivity index (χ0v) is 13.6. The van der Waals surface area contributed by atoms with Crippen LogP contribution in [0.15, 0.2) is 24.3 Å². The average molecular weight is 293 g/mol. The summed E-state index contributed by atoms with van der Waals surface area (Å²) in [6.45, 7) is 5.90. The zero-order valence-electron chi connectivity index (χ0n) is 13.6. The molecule has 0 aliphatic carbocycles. The zero-order chi connectivity index (χ0) is 15.5. The SMILES string of the molecule is CCCCCOc1ccc(C(CC)CC(CN)CO)cc1. The van der Waals surface area contributed by atoms with Gasteiger partial charge in [-0.3, -0.25) is 0 Å². The van der Waals surface area contributed by atoms with Gasteiger partial charge in [-0.25, -0.2) is 0 Å². The molecule has 1 aromatic rings. The van der Waals surface area contributed by atoms with Gasteiger partial charge in [-0.05, 0) is 55.3 Å². The second kappa shape index (κ2) is 10.6. The van der Waals surface area contributed by atoms with E-state index in [1.54, 1.807) is 0 Å². The van der Waals surface area contributed by atoms with Gasteiger partial charge in [0.15, 0.2) is 0 Å². The van der Waals surface area contributed by atoms with Gasteiger partial charge in [0.25, 0.3) is 0 Å². The predicted molar refractivity (Wildman–Crippen MR) is 88.7 cm³/mol. The van der Waals surface area contributed by atoms with Crippen LogP contribution in [-0.2, 0) is 0 Å². The van der Waals surface area contributed by atoms with Crippen LogP contribution < -0.4 is 10.5 Å². The van der Waals surface area contributed by atoms with E-state index in [4.69, 9.17) is 10.5 Å². The molecular formula is C18H31NO2. The highest BCUT2D eigenvalue weighted by Gasteiger charge is 2.15. The molecule has 3 N–H and O–H groups in total. The number of nitrogens with two attached hydrogens (primary N) is 1. The van der Waals surface area contributed by atoms with Crippen molar-refractivity contribution in [2.24, 2.45) is 11.7 Å². The Morgan fingerprint density at radius 3 is 2.38 bits per heavy atom. The second-order valence-corrected chi connectivity index (χ2v) is 5.75. The molecule has 0 aliphatic rings. The first-order valence-electron chi connectivity index (χ1n) is 8.28. The Labute approximate surface area is 129 Å². The van der Waals surface area contributed by atoms with Crippen molar-refractivity contribution in [3.8, 4) is 5.75 Å². The summed E-state index contributed by atoms with van der Waals surface area (Å²) in [5, 5.41) is 9.30. The Hall–Kier alpha value is -1.06. The van der Waals surface area contributed by atoms with Gasteiger partial charge >= 0.3 is 0 Å². The van der Waals surface area contributed by atoms with Crippen LogP contribution in [0.25, 0.3) is 0 Å². The Kier molecular flexibility index (Phi) is 9.11. The average Bonchev–Trinajstić information content (AvgIpc) is 2.54. The Balaban J connectivity index is 2.53. The highest BCUT2D eigenvalue weighted by atomic mass is 16.5. The van der Waals surface area contributed by atoms with Crippen molar-refractivity contribution < 1.29 is 9.84 Å². The molecule has 0 amide bonds. The maximum Gasteiger partial charge on any atom is 0.119 e. The van der Waals surface area contributed by atoms with E-state index in [0.717, 1.165) is 31.6 Å². The number of aliphatic hydroxyl groups excluding tert-OH is 1. The summed E-state index contributed by atoms with van der Waals surface area (Å²) in [5.74, 6) is 1.60. The molecule has 120 valence electrons. The number of rotatable bonds is 11. The molecule has 21 heavy (non-hydrogen) atoms. The van der Waals surface area contributed by atoms with Gasteiger partial charge in [-0.2, -0.15) is 0 Å². The standard InChI is InChI=1S/C18H31NO2/c1-3-5-6-11-21-18-9-7-17(8-10-18)16(4-2)12-15(13-19)14-20/h7-10,15-16,20H,3-6,11-14,19H2,1-2H3. The summed E-state index contributed by atoms with van der Waals surface area (Å²) in [6.07, 6.45) is 5.56. The largest absolute Gasteiger partial charge is 0.494 e. The van der Waals surface area contributed by atoms with Crippen LogP contribution in [0, 0.1) is 5.92 Å². The van der Waals surface area contributed by atoms with Gasteiger partial charge in [0.1, 0.15) is 5.75 Å². The molecule has 2 unspecified atom stereocenters. The molecule has 3 heteroatoms. The van der Waals surface area contributed by atoms with Gasteiger partial charge in [-0.15, -0.1) is 0 Å². The number of ether oxygens (including phenoxy) is 1. The van der Waals surface area contributed by atoms with Crippen LogP contribution in [0.4, 0.5) is 0 Å². The van der Waals surface area contributed by atoms with Gasteiger partial charge < -0.3 is 15.6 Å². The molecule has 0 heterocycles. The number of unbranched alkanes of at least 4 members (excludes halogenated alkanes) is 2. The maximum atomic E-state index is 9.30. The molecule has 0 saturated carbocycles. The monoisotopic (exact) mass is 293 g/mol. The fraction of sp³-hybridized carbons (Fsp3) is 0.667. The molecule has 0 aliphatic heterocycles. The Bertz CT molecular complexity index is 360. The molecule has 1 aromatic carbocycles. The van der Waals surface area contributed by atoms with Gasteiger partial charge in [0.05, 0.1) is 6.61 Å². The van der Waals surface area contributed by atoms with Crippen LogP contribution in [0.1, 0.15) is 57.4 Å². The van der Waals surface area contributed by atoms with Crippen LogP contribution in [0.2, 0.25) is 0 Å². The molecule has 1 rings (SSSR count). The van der Waals surface area contributed by atoms with E-state index in [-0.39, 0.29) is 12.5 Å². The number of benzene rings is 1. The third-order valence-corrected chi connectivity index (χ3v) is 4.07. The van der Waals surface area contributed by atoms with E-state index in [9.17, 15) is 5.11 Å². The first-order chi connectivity index (χ1) is 10.2. The van der Waals surface area contributed by atoms with E-state index in [2.05, 4.69) is 38.1 Å². The normalized spacial score (nSPS) is 13.9. The van der Waals surface area contributed by atoms with Crippen LogP contribution in [0.5, 0.6) is 5.75 Å². The van der Waals surface area contributed by atoms with E-state index in [1.165, 1.54) is 18.4 Å². The number of hydrogen-bond donors (Lipinski definition) is 2. The minimum Gasteiger partial charge on any atom is -0.494 e. The van der Waals surface area contributed by atoms with Crippen LogP contribution in [-0.4, -0.2) is 24.9 Å². The van der Waals surface area contributed by atoms with Gasteiger partial charge in [0, 0.05) is 6.61 Å². The van der Waals surface area contributed by atoms with Crippen molar-refractivity contribution in [1.82, 2.24) is 0 Å². The molecule has 3 nitrogen and oxygen atoms in total. The van der Waals surface area contributed by atoms with Crippen LogP contribution >= 0.6 is 0 Å². The first kappa shape index (κ1) is 18.0. The number of aliphatic hydroxyl groups is 1. The van der Waals surface area contributed by atoms with Crippen molar-refractivity contribution in [1.29, 1.82) is 0 Å². The van der Waals surface area contributed by atoms with Gasteiger partial charge in [0.2, 0.25) is 0 Å². The lowest BCUT2D eigenvalue weighted by atomic mass is 9.87. The fourth-order valence-electron chi connectivity index (χ4n) is 2.56. The fourth-order valence-corrected chi connectivity index (χ4v) is 2.56.